The maximum atomic E-state index is 12.3. The van der Waals surface area contributed by atoms with Crippen LogP contribution in [0, 0.1) is 11.8 Å². The molecule has 1 fully saturated rings. The maximum Gasteiger partial charge on any atom is 0.237 e. The largest absolute Gasteiger partial charge is 0.354 e. The van der Waals surface area contributed by atoms with Crippen molar-refractivity contribution < 1.29 is 4.79 Å². The zero-order valence-electron chi connectivity index (χ0n) is 14.0. The van der Waals surface area contributed by atoms with Crippen molar-refractivity contribution in [3.05, 3.63) is 11.6 Å². The second-order valence-corrected chi connectivity index (χ2v) is 7.23. The molecule has 0 bridgehead atoms. The summed E-state index contributed by atoms with van der Waals surface area (Å²) in [6.07, 6.45) is 9.80. The summed E-state index contributed by atoms with van der Waals surface area (Å²) >= 11 is 0. The van der Waals surface area contributed by atoms with Gasteiger partial charge in [0.15, 0.2) is 0 Å². The summed E-state index contributed by atoms with van der Waals surface area (Å²) in [5.74, 6) is 1.61. The highest BCUT2D eigenvalue weighted by molar-refractivity contribution is 5.81. The highest BCUT2D eigenvalue weighted by Gasteiger charge is 2.28. The Kier molecular flexibility index (Phi) is 6.28. The zero-order valence-corrected chi connectivity index (χ0v) is 14.0. The van der Waals surface area contributed by atoms with Gasteiger partial charge in [-0.3, -0.25) is 9.69 Å². The molecule has 1 saturated heterocycles. The number of piperidine rings is 1. The van der Waals surface area contributed by atoms with Gasteiger partial charge in [-0.05, 0) is 57.3 Å². The lowest BCUT2D eigenvalue weighted by Gasteiger charge is -2.38. The number of carbonyl (C=O) groups excluding carboxylic acids is 1. The number of nitrogens with zero attached hydrogens (tertiary/aromatic N) is 1. The molecule has 0 spiro atoms. The van der Waals surface area contributed by atoms with Crippen LogP contribution in [-0.2, 0) is 4.79 Å². The lowest BCUT2D eigenvalue weighted by molar-refractivity contribution is -0.126. The highest BCUT2D eigenvalue weighted by Crippen LogP contribution is 2.23. The quantitative estimate of drug-likeness (QED) is 0.788. The molecule has 3 heteroatoms. The normalized spacial score (nSPS) is 28.8. The first-order valence-electron chi connectivity index (χ1n) is 8.76. The van der Waals surface area contributed by atoms with Crippen molar-refractivity contribution in [1.82, 2.24) is 10.2 Å². The Morgan fingerprint density at radius 2 is 2.05 bits per heavy atom. The number of hydrogen-bond acceptors (Lipinski definition) is 2. The Morgan fingerprint density at radius 1 is 1.33 bits per heavy atom. The monoisotopic (exact) mass is 292 g/mol. The summed E-state index contributed by atoms with van der Waals surface area (Å²) in [5.41, 5.74) is 1.54. The molecule has 1 N–H and O–H groups in total. The molecule has 2 rings (SSSR count). The fraction of sp³-hybridized carbons (Fsp3) is 0.833. The number of allylic oxidation sites excluding steroid dienone is 1. The minimum Gasteiger partial charge on any atom is -0.354 e. The number of hydrogen-bond donors (Lipinski definition) is 1. The van der Waals surface area contributed by atoms with Gasteiger partial charge in [-0.15, -0.1) is 0 Å². The SMILES string of the molecule is CC1CC(C)CN(C(C)C(=O)NCCC2=CCCCC2)C1. The van der Waals surface area contributed by atoms with Crippen LogP contribution in [-0.4, -0.2) is 36.5 Å². The Morgan fingerprint density at radius 3 is 2.67 bits per heavy atom. The molecule has 0 aromatic heterocycles. The van der Waals surface area contributed by atoms with Gasteiger partial charge in [-0.1, -0.05) is 25.5 Å². The van der Waals surface area contributed by atoms with E-state index in [0.717, 1.165) is 26.1 Å². The van der Waals surface area contributed by atoms with Crippen LogP contribution in [0.5, 0.6) is 0 Å². The smallest absolute Gasteiger partial charge is 0.237 e. The molecule has 3 nitrogen and oxygen atoms in total. The van der Waals surface area contributed by atoms with Gasteiger partial charge in [0, 0.05) is 19.6 Å². The Bertz CT molecular complexity index is 367. The standard InChI is InChI=1S/C18H32N2O/c1-14-11-15(2)13-20(12-14)16(3)18(21)19-10-9-17-7-5-4-6-8-17/h7,14-16H,4-6,8-13H2,1-3H3,(H,19,21). The summed E-state index contributed by atoms with van der Waals surface area (Å²) in [5, 5.41) is 3.14. The number of nitrogens with one attached hydrogen (secondary N) is 1. The van der Waals surface area contributed by atoms with Crippen molar-refractivity contribution in [3.63, 3.8) is 0 Å². The number of carbonyl (C=O) groups is 1. The zero-order chi connectivity index (χ0) is 15.2. The van der Waals surface area contributed by atoms with Crippen molar-refractivity contribution >= 4 is 5.91 Å². The van der Waals surface area contributed by atoms with Gasteiger partial charge in [0.25, 0.3) is 0 Å². The molecule has 1 aliphatic carbocycles. The van der Waals surface area contributed by atoms with E-state index in [1.807, 2.05) is 0 Å². The van der Waals surface area contributed by atoms with Crippen LogP contribution >= 0.6 is 0 Å². The molecule has 0 aromatic carbocycles. The molecule has 1 aliphatic heterocycles. The van der Waals surface area contributed by atoms with Gasteiger partial charge >= 0.3 is 0 Å². The van der Waals surface area contributed by atoms with E-state index in [1.165, 1.54) is 37.7 Å². The molecule has 1 amide bonds. The molecule has 3 atom stereocenters. The van der Waals surface area contributed by atoms with Crippen LogP contribution in [0.3, 0.4) is 0 Å². The molecular formula is C18H32N2O. The van der Waals surface area contributed by atoms with E-state index in [4.69, 9.17) is 0 Å². The molecule has 0 saturated carbocycles. The van der Waals surface area contributed by atoms with Crippen LogP contribution in [0.25, 0.3) is 0 Å². The molecule has 0 aromatic rings. The van der Waals surface area contributed by atoms with Crippen LogP contribution in [0.4, 0.5) is 0 Å². The first-order valence-corrected chi connectivity index (χ1v) is 8.76. The molecule has 0 radical (unpaired) electrons. The second-order valence-electron chi connectivity index (χ2n) is 7.23. The van der Waals surface area contributed by atoms with Gasteiger partial charge in [-0.25, -0.2) is 0 Å². The van der Waals surface area contributed by atoms with E-state index in [9.17, 15) is 4.79 Å². The summed E-state index contributed by atoms with van der Waals surface area (Å²) in [7, 11) is 0. The summed E-state index contributed by atoms with van der Waals surface area (Å²) < 4.78 is 0. The minimum absolute atomic E-state index is 0.00976. The van der Waals surface area contributed by atoms with E-state index < -0.39 is 0 Å². The predicted molar refractivity (Wildman–Crippen MR) is 88.2 cm³/mol. The van der Waals surface area contributed by atoms with Crippen molar-refractivity contribution in [2.45, 2.75) is 65.3 Å². The van der Waals surface area contributed by atoms with Crippen molar-refractivity contribution in [3.8, 4) is 0 Å². The Labute approximate surface area is 130 Å². The average Bonchev–Trinajstić information content (AvgIpc) is 2.46. The fourth-order valence-corrected chi connectivity index (χ4v) is 3.82. The highest BCUT2D eigenvalue weighted by atomic mass is 16.2. The van der Waals surface area contributed by atoms with Gasteiger partial charge in [0.05, 0.1) is 6.04 Å². The van der Waals surface area contributed by atoms with Gasteiger partial charge in [-0.2, -0.15) is 0 Å². The Balaban J connectivity index is 1.73. The maximum absolute atomic E-state index is 12.3. The third-order valence-electron chi connectivity index (χ3n) is 4.95. The van der Waals surface area contributed by atoms with Crippen LogP contribution in [0.2, 0.25) is 0 Å². The van der Waals surface area contributed by atoms with Gasteiger partial charge in [0.2, 0.25) is 5.91 Å². The van der Waals surface area contributed by atoms with Crippen molar-refractivity contribution in [2.24, 2.45) is 11.8 Å². The lowest BCUT2D eigenvalue weighted by Crippen LogP contribution is -2.50. The molecular weight excluding hydrogens is 260 g/mol. The van der Waals surface area contributed by atoms with E-state index in [-0.39, 0.29) is 11.9 Å². The van der Waals surface area contributed by atoms with E-state index >= 15 is 0 Å². The molecule has 3 unspecified atom stereocenters. The fourth-order valence-electron chi connectivity index (χ4n) is 3.82. The lowest BCUT2D eigenvalue weighted by atomic mass is 9.91. The molecule has 1 heterocycles. The van der Waals surface area contributed by atoms with Gasteiger partial charge < -0.3 is 5.32 Å². The average molecular weight is 292 g/mol. The summed E-state index contributed by atoms with van der Waals surface area (Å²) in [4.78, 5) is 14.7. The van der Waals surface area contributed by atoms with Crippen LogP contribution in [0.15, 0.2) is 11.6 Å². The number of rotatable bonds is 5. The number of likely N-dealkylation sites (tertiary alicyclic amines) is 1. The van der Waals surface area contributed by atoms with E-state index in [0.29, 0.717) is 11.8 Å². The number of amides is 1. The third-order valence-corrected chi connectivity index (χ3v) is 4.95. The van der Waals surface area contributed by atoms with Gasteiger partial charge in [0.1, 0.15) is 0 Å². The molecule has 21 heavy (non-hydrogen) atoms. The van der Waals surface area contributed by atoms with E-state index in [2.05, 4.69) is 37.1 Å². The predicted octanol–water partition coefficient (Wildman–Crippen LogP) is 3.36. The summed E-state index contributed by atoms with van der Waals surface area (Å²) in [6, 6.07) is 0.00976. The van der Waals surface area contributed by atoms with Crippen molar-refractivity contribution in [2.75, 3.05) is 19.6 Å². The van der Waals surface area contributed by atoms with Crippen LogP contribution in [0.1, 0.15) is 59.3 Å². The molecule has 2 aliphatic rings. The second kappa shape index (κ2) is 7.98. The molecule has 120 valence electrons. The van der Waals surface area contributed by atoms with E-state index in [1.54, 1.807) is 0 Å². The minimum atomic E-state index is 0.00976. The first kappa shape index (κ1) is 16.5. The van der Waals surface area contributed by atoms with Crippen LogP contribution < -0.4 is 5.32 Å². The Hall–Kier alpha value is -0.830. The third kappa shape index (κ3) is 5.14. The first-order chi connectivity index (χ1) is 10.1. The topological polar surface area (TPSA) is 32.3 Å². The van der Waals surface area contributed by atoms with Crippen molar-refractivity contribution in [1.29, 1.82) is 0 Å². The summed E-state index contributed by atoms with van der Waals surface area (Å²) in [6.45, 7) is 9.56.